The second kappa shape index (κ2) is 6.41. The van der Waals surface area contributed by atoms with Crippen LogP contribution in [0.15, 0.2) is 30.5 Å². The molecule has 2 aromatic heterocycles. The Morgan fingerprint density at radius 3 is 2.71 bits per heavy atom. The Balaban J connectivity index is 2.15. The van der Waals surface area contributed by atoms with E-state index in [9.17, 15) is 10.1 Å². The van der Waals surface area contributed by atoms with Gasteiger partial charge in [-0.3, -0.25) is 10.1 Å². The van der Waals surface area contributed by atoms with Gasteiger partial charge >= 0.3 is 0 Å². The summed E-state index contributed by atoms with van der Waals surface area (Å²) >= 11 is 0. The fourth-order valence-corrected chi connectivity index (χ4v) is 2.37. The van der Waals surface area contributed by atoms with Gasteiger partial charge in [0.1, 0.15) is 0 Å². The zero-order valence-corrected chi connectivity index (χ0v) is 13.1. The number of nitrogens with one attached hydrogen (secondary N) is 1. The van der Waals surface area contributed by atoms with Crippen LogP contribution in [0.1, 0.15) is 12.5 Å². The maximum Gasteiger partial charge on any atom is 0.273 e. The number of nitro groups is 1. The third kappa shape index (κ3) is 2.91. The number of rotatable bonds is 5. The minimum atomic E-state index is -0.431. The molecule has 3 aromatic rings. The number of H-pyrrole nitrogens is 1. The molecule has 1 aromatic carbocycles. The number of aryl methyl sites for hydroxylation is 1. The highest BCUT2D eigenvalue weighted by molar-refractivity contribution is 5.82. The van der Waals surface area contributed by atoms with Crippen molar-refractivity contribution in [1.29, 1.82) is 0 Å². The highest BCUT2D eigenvalue weighted by atomic mass is 16.6. The van der Waals surface area contributed by atoms with Gasteiger partial charge in [0.2, 0.25) is 11.7 Å². The Bertz CT molecular complexity index is 862. The summed E-state index contributed by atoms with van der Waals surface area (Å²) < 4.78 is 5.33. The molecule has 9 nitrogen and oxygen atoms in total. The summed E-state index contributed by atoms with van der Waals surface area (Å²) in [6, 6.07) is 6.75. The van der Waals surface area contributed by atoms with Gasteiger partial charge in [0, 0.05) is 35.0 Å². The van der Waals surface area contributed by atoms with Crippen LogP contribution in [0.3, 0.4) is 0 Å². The van der Waals surface area contributed by atoms with Crippen LogP contribution in [0, 0.1) is 17.0 Å². The molecule has 0 amide bonds. The van der Waals surface area contributed by atoms with Crippen molar-refractivity contribution in [1.82, 2.24) is 25.6 Å². The maximum atomic E-state index is 11.2. The lowest BCUT2D eigenvalue weighted by Crippen LogP contribution is -1.97. The van der Waals surface area contributed by atoms with Crippen LogP contribution < -0.4 is 4.74 Å². The van der Waals surface area contributed by atoms with Crippen LogP contribution in [-0.4, -0.2) is 37.1 Å². The molecule has 0 atom stereocenters. The summed E-state index contributed by atoms with van der Waals surface area (Å²) in [7, 11) is 0. The van der Waals surface area contributed by atoms with Gasteiger partial charge in [0.15, 0.2) is 0 Å². The van der Waals surface area contributed by atoms with Gasteiger partial charge < -0.3 is 4.74 Å². The zero-order chi connectivity index (χ0) is 17.1. The average molecular weight is 326 g/mol. The minimum Gasteiger partial charge on any atom is -0.478 e. The van der Waals surface area contributed by atoms with E-state index in [1.165, 1.54) is 6.07 Å². The van der Waals surface area contributed by atoms with Crippen molar-refractivity contribution in [2.75, 3.05) is 6.61 Å². The highest BCUT2D eigenvalue weighted by Crippen LogP contribution is 2.35. The van der Waals surface area contributed by atoms with Gasteiger partial charge in [0.05, 0.1) is 11.5 Å². The predicted octanol–water partition coefficient (Wildman–Crippen LogP) is 2.54. The number of ether oxygens (including phenoxy) is 1. The van der Waals surface area contributed by atoms with Crippen molar-refractivity contribution in [2.45, 2.75) is 13.8 Å². The van der Waals surface area contributed by atoms with Crippen molar-refractivity contribution in [2.24, 2.45) is 0 Å². The van der Waals surface area contributed by atoms with E-state index in [-0.39, 0.29) is 11.5 Å². The third-order valence-electron chi connectivity index (χ3n) is 3.46. The molecule has 0 radical (unpaired) electrons. The number of aromatic amines is 1. The van der Waals surface area contributed by atoms with Crippen LogP contribution in [0.2, 0.25) is 0 Å². The molecular formula is C15H14N6O3. The van der Waals surface area contributed by atoms with E-state index >= 15 is 0 Å². The van der Waals surface area contributed by atoms with Crippen molar-refractivity contribution in [3.63, 3.8) is 0 Å². The predicted molar refractivity (Wildman–Crippen MR) is 85.4 cm³/mol. The van der Waals surface area contributed by atoms with Crippen molar-refractivity contribution >= 4 is 5.69 Å². The average Bonchev–Trinajstić information content (AvgIpc) is 3.09. The van der Waals surface area contributed by atoms with Crippen molar-refractivity contribution < 1.29 is 9.66 Å². The molecule has 0 bridgehead atoms. The molecule has 0 aliphatic rings. The van der Waals surface area contributed by atoms with E-state index in [1.807, 2.05) is 13.0 Å². The largest absolute Gasteiger partial charge is 0.478 e. The van der Waals surface area contributed by atoms with Gasteiger partial charge in [-0.25, -0.2) is 4.98 Å². The molecule has 0 unspecified atom stereocenters. The summed E-state index contributed by atoms with van der Waals surface area (Å²) in [4.78, 5) is 15.0. The third-order valence-corrected chi connectivity index (χ3v) is 3.46. The number of tetrazole rings is 1. The van der Waals surface area contributed by atoms with Crippen LogP contribution in [0.5, 0.6) is 5.88 Å². The quantitative estimate of drug-likeness (QED) is 0.565. The van der Waals surface area contributed by atoms with Gasteiger partial charge in [-0.2, -0.15) is 5.21 Å². The molecule has 0 spiro atoms. The number of nitrogens with zero attached hydrogens (tertiary/aromatic N) is 5. The minimum absolute atomic E-state index is 0.00237. The summed E-state index contributed by atoms with van der Waals surface area (Å²) in [6.45, 7) is 4.09. The van der Waals surface area contributed by atoms with Gasteiger partial charge in [-0.15, -0.1) is 10.2 Å². The normalized spacial score (nSPS) is 10.6. The SMILES string of the molecule is CCOc1ccc(-c2cc(C)c([N+](=O)[O-])cc2-c2nn[nH]n2)cn1. The Hall–Kier alpha value is -3.36. The topological polar surface area (TPSA) is 120 Å². The first-order chi connectivity index (χ1) is 11.6. The Kier molecular flexibility index (Phi) is 4.15. The molecule has 122 valence electrons. The first-order valence-electron chi connectivity index (χ1n) is 7.22. The van der Waals surface area contributed by atoms with Crippen LogP contribution >= 0.6 is 0 Å². The molecule has 2 heterocycles. The smallest absolute Gasteiger partial charge is 0.273 e. The second-order valence-electron chi connectivity index (χ2n) is 4.99. The van der Waals surface area contributed by atoms with Gasteiger partial charge in [-0.05, 0) is 36.8 Å². The Morgan fingerprint density at radius 1 is 1.29 bits per heavy atom. The molecule has 0 saturated heterocycles. The van der Waals surface area contributed by atoms with Crippen molar-refractivity contribution in [3.8, 4) is 28.4 Å². The van der Waals surface area contributed by atoms with Crippen LogP contribution in [-0.2, 0) is 0 Å². The number of benzene rings is 1. The zero-order valence-electron chi connectivity index (χ0n) is 13.1. The number of hydrogen-bond donors (Lipinski definition) is 1. The summed E-state index contributed by atoms with van der Waals surface area (Å²) in [6.07, 6.45) is 1.65. The van der Waals surface area contributed by atoms with E-state index in [0.29, 0.717) is 23.6 Å². The summed E-state index contributed by atoms with van der Waals surface area (Å²) in [5.74, 6) is 0.794. The molecule has 0 fully saturated rings. The Morgan fingerprint density at radius 2 is 2.12 bits per heavy atom. The highest BCUT2D eigenvalue weighted by Gasteiger charge is 2.20. The molecule has 0 aliphatic carbocycles. The van der Waals surface area contributed by atoms with Crippen LogP contribution in [0.25, 0.3) is 22.5 Å². The number of hydrogen-bond acceptors (Lipinski definition) is 7. The lowest BCUT2D eigenvalue weighted by molar-refractivity contribution is -0.385. The molecular weight excluding hydrogens is 312 g/mol. The summed E-state index contributed by atoms with van der Waals surface area (Å²) in [5.41, 5.74) is 2.55. The van der Waals surface area contributed by atoms with E-state index in [4.69, 9.17) is 4.74 Å². The fraction of sp³-hybridized carbons (Fsp3) is 0.200. The second-order valence-corrected chi connectivity index (χ2v) is 4.99. The van der Waals surface area contributed by atoms with E-state index in [2.05, 4.69) is 25.6 Å². The van der Waals surface area contributed by atoms with Crippen molar-refractivity contribution in [3.05, 3.63) is 46.1 Å². The standard InChI is InChI=1S/C15H14N6O3/c1-3-24-14-5-4-10(8-16-14)11-6-9(2)13(21(22)23)7-12(11)15-17-19-20-18-15/h4-8H,3H2,1-2H3,(H,17,18,19,20). The number of nitro benzene ring substituents is 1. The Labute approximate surface area is 136 Å². The van der Waals surface area contributed by atoms with E-state index in [0.717, 1.165) is 11.1 Å². The molecule has 0 aliphatic heterocycles. The maximum absolute atomic E-state index is 11.2. The molecule has 1 N–H and O–H groups in total. The molecule has 24 heavy (non-hydrogen) atoms. The lowest BCUT2D eigenvalue weighted by atomic mass is 9.97. The van der Waals surface area contributed by atoms with E-state index < -0.39 is 4.92 Å². The number of pyridine rings is 1. The fourth-order valence-electron chi connectivity index (χ4n) is 2.37. The molecule has 3 rings (SSSR count). The first-order valence-corrected chi connectivity index (χ1v) is 7.22. The summed E-state index contributed by atoms with van der Waals surface area (Å²) in [5, 5.41) is 25.0. The molecule has 9 heteroatoms. The van der Waals surface area contributed by atoms with Gasteiger partial charge in [-0.1, -0.05) is 0 Å². The molecule has 0 saturated carbocycles. The number of aromatic nitrogens is 5. The van der Waals surface area contributed by atoms with Gasteiger partial charge in [0.25, 0.3) is 5.69 Å². The monoisotopic (exact) mass is 326 g/mol. The van der Waals surface area contributed by atoms with Crippen LogP contribution in [0.4, 0.5) is 5.69 Å². The lowest BCUT2D eigenvalue weighted by Gasteiger charge is -2.09. The van der Waals surface area contributed by atoms with E-state index in [1.54, 1.807) is 25.3 Å². The first kappa shape index (κ1) is 15.5.